The van der Waals surface area contributed by atoms with Gasteiger partial charge in [0.2, 0.25) is 0 Å². The molecule has 1 saturated heterocycles. The van der Waals surface area contributed by atoms with E-state index in [9.17, 15) is 36.3 Å². The number of anilines is 2. The van der Waals surface area contributed by atoms with Crippen LogP contribution in [0.2, 0.25) is 0 Å². The summed E-state index contributed by atoms with van der Waals surface area (Å²) in [7, 11) is 0. The van der Waals surface area contributed by atoms with Crippen LogP contribution >= 0.6 is 0 Å². The zero-order chi connectivity index (χ0) is 24.0. The Balaban J connectivity index is 1.59. The second-order valence-electron chi connectivity index (χ2n) is 7.37. The van der Waals surface area contributed by atoms with E-state index in [-0.39, 0.29) is 29.2 Å². The summed E-state index contributed by atoms with van der Waals surface area (Å²) >= 11 is 0. The van der Waals surface area contributed by atoms with E-state index in [0.717, 1.165) is 41.4 Å². The number of aromatic nitrogens is 4. The van der Waals surface area contributed by atoms with E-state index in [1.54, 1.807) is 0 Å². The zero-order valence-electron chi connectivity index (χ0n) is 16.5. The van der Waals surface area contributed by atoms with Gasteiger partial charge in [0.1, 0.15) is 11.7 Å². The van der Waals surface area contributed by atoms with Gasteiger partial charge in [0.15, 0.2) is 0 Å². The van der Waals surface area contributed by atoms with Crippen LogP contribution in [-0.2, 0) is 6.18 Å². The number of hydrogen-bond acceptors (Lipinski definition) is 6. The molecule has 0 amide bonds. The Morgan fingerprint density at radius 1 is 1.09 bits per heavy atom. The average molecular weight is 470 g/mol. The Kier molecular flexibility index (Phi) is 5.30. The molecule has 1 aliphatic heterocycles. The van der Waals surface area contributed by atoms with Gasteiger partial charge in [-0.05, 0) is 30.3 Å². The predicted octanol–water partition coefficient (Wildman–Crippen LogP) is 1.77. The molecule has 2 aromatic heterocycles. The first kappa shape index (κ1) is 22.2. The fourth-order valence-corrected chi connectivity index (χ4v) is 3.44. The van der Waals surface area contributed by atoms with E-state index in [4.69, 9.17) is 0 Å². The quantitative estimate of drug-likeness (QED) is 0.431. The lowest BCUT2D eigenvalue weighted by Gasteiger charge is -2.20. The van der Waals surface area contributed by atoms with Crippen LogP contribution in [0.3, 0.4) is 0 Å². The third kappa shape index (κ3) is 4.49. The van der Waals surface area contributed by atoms with Crippen molar-refractivity contribution in [1.82, 2.24) is 20.2 Å². The maximum absolute atomic E-state index is 14.7. The van der Waals surface area contributed by atoms with Crippen molar-refractivity contribution >= 4 is 11.4 Å². The lowest BCUT2D eigenvalue weighted by Crippen LogP contribution is -2.38. The average Bonchev–Trinajstić information content (AvgIpc) is 3.02. The third-order valence-corrected chi connectivity index (χ3v) is 5.09. The summed E-state index contributed by atoms with van der Waals surface area (Å²) in [5.41, 5.74) is -3.56. The largest absolute Gasteiger partial charge is 0.416 e. The summed E-state index contributed by atoms with van der Waals surface area (Å²) in [5.74, 6) is -3.34. The fourth-order valence-electron chi connectivity index (χ4n) is 3.44. The number of rotatable bonds is 4. The molecule has 33 heavy (non-hydrogen) atoms. The van der Waals surface area contributed by atoms with E-state index in [2.05, 4.69) is 20.5 Å². The van der Waals surface area contributed by atoms with Gasteiger partial charge in [-0.3, -0.25) is 14.6 Å². The van der Waals surface area contributed by atoms with Crippen LogP contribution in [0, 0.1) is 0 Å². The van der Waals surface area contributed by atoms with E-state index < -0.39 is 47.1 Å². The number of nitrogens with one attached hydrogen (secondary N) is 4. The molecular formula is C19H15F5N6O3. The van der Waals surface area contributed by atoms with Crippen molar-refractivity contribution in [2.24, 2.45) is 0 Å². The van der Waals surface area contributed by atoms with Crippen LogP contribution in [0.5, 0.6) is 0 Å². The van der Waals surface area contributed by atoms with Gasteiger partial charge >= 0.3 is 11.9 Å². The number of H-pyrrole nitrogens is 3. The lowest BCUT2D eigenvalue weighted by atomic mass is 10.1. The SMILES string of the molecule is O=c1[nH]cc(-c2cc(N3CC(Nc4ccc(C(F)(F)F)cc4)C(F)(F)C3)c(=O)[nH]n2)c(=O)[nH]1. The molecule has 3 aromatic rings. The highest BCUT2D eigenvalue weighted by Gasteiger charge is 2.49. The Bertz CT molecular complexity index is 1350. The molecule has 1 aromatic carbocycles. The van der Waals surface area contributed by atoms with Crippen LogP contribution in [0.4, 0.5) is 33.3 Å². The van der Waals surface area contributed by atoms with Crippen molar-refractivity contribution in [1.29, 1.82) is 0 Å². The Hall–Kier alpha value is -3.97. The van der Waals surface area contributed by atoms with Gasteiger partial charge in [-0.15, -0.1) is 0 Å². The molecule has 14 heteroatoms. The molecule has 1 atom stereocenters. The molecule has 0 bridgehead atoms. The molecule has 174 valence electrons. The van der Waals surface area contributed by atoms with Gasteiger partial charge in [-0.1, -0.05) is 0 Å². The minimum absolute atomic E-state index is 0.0543. The highest BCUT2D eigenvalue weighted by Crippen LogP contribution is 2.34. The summed E-state index contributed by atoms with van der Waals surface area (Å²) in [6.07, 6.45) is -3.49. The van der Waals surface area contributed by atoms with E-state index in [1.807, 2.05) is 4.98 Å². The Morgan fingerprint density at radius 3 is 2.42 bits per heavy atom. The van der Waals surface area contributed by atoms with Gasteiger partial charge in [0.05, 0.1) is 23.4 Å². The minimum atomic E-state index is -4.56. The summed E-state index contributed by atoms with van der Waals surface area (Å²) in [6, 6.07) is 3.26. The van der Waals surface area contributed by atoms with Gasteiger partial charge in [0, 0.05) is 18.4 Å². The van der Waals surface area contributed by atoms with Crippen LogP contribution in [0.25, 0.3) is 11.3 Å². The minimum Gasteiger partial charge on any atom is -0.375 e. The lowest BCUT2D eigenvalue weighted by molar-refractivity contribution is -0.137. The Morgan fingerprint density at radius 2 is 1.79 bits per heavy atom. The van der Waals surface area contributed by atoms with Crippen molar-refractivity contribution in [2.75, 3.05) is 23.3 Å². The van der Waals surface area contributed by atoms with Crippen molar-refractivity contribution in [3.8, 4) is 11.3 Å². The van der Waals surface area contributed by atoms with Gasteiger partial charge in [-0.2, -0.15) is 18.3 Å². The molecule has 1 aliphatic rings. The number of alkyl halides is 5. The van der Waals surface area contributed by atoms with Crippen molar-refractivity contribution in [2.45, 2.75) is 18.1 Å². The second kappa shape index (κ2) is 7.86. The third-order valence-electron chi connectivity index (χ3n) is 5.09. The molecule has 0 saturated carbocycles. The molecule has 9 nitrogen and oxygen atoms in total. The molecule has 4 rings (SSSR count). The second-order valence-corrected chi connectivity index (χ2v) is 7.37. The first-order valence-corrected chi connectivity index (χ1v) is 9.43. The number of halogens is 5. The van der Waals surface area contributed by atoms with Gasteiger partial charge in [-0.25, -0.2) is 18.7 Å². The van der Waals surface area contributed by atoms with E-state index in [1.165, 1.54) is 0 Å². The van der Waals surface area contributed by atoms with Crippen LogP contribution < -0.4 is 27.0 Å². The molecule has 0 radical (unpaired) electrons. The summed E-state index contributed by atoms with van der Waals surface area (Å²) in [4.78, 5) is 40.7. The zero-order valence-corrected chi connectivity index (χ0v) is 16.5. The maximum atomic E-state index is 14.7. The van der Waals surface area contributed by atoms with Crippen molar-refractivity contribution in [3.63, 3.8) is 0 Å². The number of nitrogens with zero attached hydrogens (tertiary/aromatic N) is 2. The highest BCUT2D eigenvalue weighted by atomic mass is 19.4. The van der Waals surface area contributed by atoms with Crippen molar-refractivity contribution < 1.29 is 22.0 Å². The Labute approximate surface area is 180 Å². The van der Waals surface area contributed by atoms with E-state index in [0.29, 0.717) is 0 Å². The van der Waals surface area contributed by atoms with Gasteiger partial charge in [0.25, 0.3) is 17.0 Å². The van der Waals surface area contributed by atoms with Crippen LogP contribution in [0.1, 0.15) is 5.56 Å². The summed E-state index contributed by atoms with van der Waals surface area (Å²) < 4.78 is 67.4. The molecule has 4 N–H and O–H groups in total. The first-order chi connectivity index (χ1) is 15.4. The summed E-state index contributed by atoms with van der Waals surface area (Å²) in [5, 5.41) is 8.36. The summed E-state index contributed by atoms with van der Waals surface area (Å²) in [6.45, 7) is -1.22. The fraction of sp³-hybridized carbons (Fsp3) is 0.263. The van der Waals surface area contributed by atoms with Crippen LogP contribution in [-0.4, -0.2) is 45.2 Å². The molecule has 0 aliphatic carbocycles. The molecular weight excluding hydrogens is 455 g/mol. The van der Waals surface area contributed by atoms with Crippen LogP contribution in [0.15, 0.2) is 50.9 Å². The maximum Gasteiger partial charge on any atom is 0.416 e. The van der Waals surface area contributed by atoms with Gasteiger partial charge < -0.3 is 15.2 Å². The number of aromatic amines is 3. The number of benzene rings is 1. The molecule has 1 fully saturated rings. The monoisotopic (exact) mass is 470 g/mol. The smallest absolute Gasteiger partial charge is 0.375 e. The highest BCUT2D eigenvalue weighted by molar-refractivity contribution is 5.62. The standard InChI is InChI=1S/C19H15F5N6O3/c20-18(21)8-30(7-14(18)26-10-3-1-9(2-4-10)19(22,23)24)13-5-12(28-29-16(13)32)11-6-25-17(33)27-15(11)31/h1-6,14,26H,7-8H2,(H,29,32)(H2,25,27,31,33). The topological polar surface area (TPSA) is 127 Å². The van der Waals surface area contributed by atoms with Crippen molar-refractivity contribution in [3.05, 3.63) is 73.3 Å². The first-order valence-electron chi connectivity index (χ1n) is 9.43. The normalized spacial score (nSPS) is 17.8. The molecule has 0 spiro atoms. The number of hydrogen-bond donors (Lipinski definition) is 4. The van der Waals surface area contributed by atoms with E-state index >= 15 is 0 Å². The predicted molar refractivity (Wildman–Crippen MR) is 108 cm³/mol. The molecule has 3 heterocycles. The molecule has 1 unspecified atom stereocenters.